The van der Waals surface area contributed by atoms with E-state index < -0.39 is 0 Å². The van der Waals surface area contributed by atoms with Crippen molar-refractivity contribution in [3.63, 3.8) is 0 Å². The monoisotopic (exact) mass is 391 g/mol. The van der Waals surface area contributed by atoms with Gasteiger partial charge in [-0.05, 0) is 37.0 Å². The Balaban J connectivity index is 0.00000200. The number of rotatable bonds is 4. The first-order valence-electron chi connectivity index (χ1n) is 6.86. The molecule has 0 radical (unpaired) electrons. The van der Waals surface area contributed by atoms with Gasteiger partial charge in [-0.25, -0.2) is 4.39 Å². The molecule has 0 spiro atoms. The Morgan fingerprint density at radius 2 is 2.20 bits per heavy atom. The van der Waals surface area contributed by atoms with Crippen LogP contribution in [0.2, 0.25) is 0 Å². The van der Waals surface area contributed by atoms with Crippen LogP contribution in [0.25, 0.3) is 0 Å². The number of halogens is 2. The minimum absolute atomic E-state index is 0. The highest BCUT2D eigenvalue weighted by Gasteiger charge is 2.33. The van der Waals surface area contributed by atoms with Gasteiger partial charge in [-0.2, -0.15) is 0 Å². The molecule has 0 bridgehead atoms. The van der Waals surface area contributed by atoms with Crippen LogP contribution in [-0.4, -0.2) is 30.5 Å². The molecule has 1 saturated carbocycles. The molecule has 20 heavy (non-hydrogen) atoms. The molecule has 3 nitrogen and oxygen atoms in total. The van der Waals surface area contributed by atoms with Crippen LogP contribution in [0, 0.1) is 11.7 Å². The molecular formula is C15H23FIN3. The zero-order valence-electron chi connectivity index (χ0n) is 12.3. The summed E-state index contributed by atoms with van der Waals surface area (Å²) in [7, 11) is 1.99. The lowest BCUT2D eigenvalue weighted by molar-refractivity contribution is 0.471. The highest BCUT2D eigenvalue weighted by atomic mass is 127. The average molecular weight is 391 g/mol. The van der Waals surface area contributed by atoms with E-state index in [0.29, 0.717) is 12.6 Å². The van der Waals surface area contributed by atoms with E-state index in [4.69, 9.17) is 0 Å². The van der Waals surface area contributed by atoms with Gasteiger partial charge in [0.25, 0.3) is 0 Å². The maximum atomic E-state index is 13.2. The average Bonchev–Trinajstić information content (AvgIpc) is 3.04. The largest absolute Gasteiger partial charge is 0.353 e. The second kappa shape index (κ2) is 7.81. The number of aliphatic imine (C=N–C) groups is 1. The molecule has 0 heterocycles. The molecule has 1 aliphatic rings. The number of guanidine groups is 1. The van der Waals surface area contributed by atoms with Crippen LogP contribution in [0.15, 0.2) is 29.3 Å². The van der Waals surface area contributed by atoms with Gasteiger partial charge in [0.15, 0.2) is 5.96 Å². The molecule has 1 aromatic rings. The van der Waals surface area contributed by atoms with Gasteiger partial charge in [0.1, 0.15) is 5.82 Å². The topological polar surface area (TPSA) is 27.6 Å². The minimum Gasteiger partial charge on any atom is -0.353 e. The van der Waals surface area contributed by atoms with Gasteiger partial charge in [-0.15, -0.1) is 24.0 Å². The second-order valence-electron chi connectivity index (χ2n) is 5.25. The molecule has 1 fully saturated rings. The molecule has 0 aromatic heterocycles. The van der Waals surface area contributed by atoms with Gasteiger partial charge in [-0.1, -0.05) is 19.1 Å². The van der Waals surface area contributed by atoms with Gasteiger partial charge in [-0.3, -0.25) is 4.99 Å². The third kappa shape index (κ3) is 4.92. The van der Waals surface area contributed by atoms with Crippen LogP contribution in [0.1, 0.15) is 25.8 Å². The number of hydrogen-bond donors (Lipinski definition) is 1. The minimum atomic E-state index is -0.191. The van der Waals surface area contributed by atoms with Crippen LogP contribution in [-0.2, 0) is 6.54 Å². The number of nitrogens with one attached hydrogen (secondary N) is 1. The molecule has 2 atom stereocenters. The fourth-order valence-corrected chi connectivity index (χ4v) is 2.10. The van der Waals surface area contributed by atoms with Crippen molar-refractivity contribution in [3.8, 4) is 0 Å². The van der Waals surface area contributed by atoms with E-state index in [0.717, 1.165) is 24.0 Å². The summed E-state index contributed by atoms with van der Waals surface area (Å²) in [5, 5.41) is 3.46. The quantitative estimate of drug-likeness (QED) is 0.485. The smallest absolute Gasteiger partial charge is 0.194 e. The third-order valence-corrected chi connectivity index (χ3v) is 3.40. The van der Waals surface area contributed by atoms with Crippen LogP contribution < -0.4 is 5.32 Å². The fourth-order valence-electron chi connectivity index (χ4n) is 2.10. The maximum Gasteiger partial charge on any atom is 0.194 e. The Morgan fingerprint density at radius 1 is 1.50 bits per heavy atom. The molecule has 0 saturated heterocycles. The van der Waals surface area contributed by atoms with E-state index in [9.17, 15) is 4.39 Å². The summed E-state index contributed by atoms with van der Waals surface area (Å²) in [5.41, 5.74) is 0.956. The summed E-state index contributed by atoms with van der Waals surface area (Å²) >= 11 is 0. The molecule has 0 amide bonds. The zero-order chi connectivity index (χ0) is 13.8. The van der Waals surface area contributed by atoms with Crippen molar-refractivity contribution in [1.29, 1.82) is 0 Å². The Bertz CT molecular complexity index is 464. The molecule has 1 N–H and O–H groups in total. The Kier molecular flexibility index (Phi) is 6.71. The molecule has 1 aliphatic carbocycles. The first-order valence-corrected chi connectivity index (χ1v) is 6.86. The third-order valence-electron chi connectivity index (χ3n) is 3.40. The molecular weight excluding hydrogens is 368 g/mol. The lowest BCUT2D eigenvalue weighted by Gasteiger charge is -2.22. The van der Waals surface area contributed by atoms with Crippen LogP contribution in [0.3, 0.4) is 0 Å². The summed E-state index contributed by atoms with van der Waals surface area (Å²) < 4.78 is 13.2. The number of nitrogens with zero attached hydrogens (tertiary/aromatic N) is 2. The standard InChI is InChI=1S/C15H22FN3.HI/c1-4-17-15(18-14-8-11(14)2)19(3)10-12-6-5-7-13(16)9-12;/h5-7,9,11,14H,4,8,10H2,1-3H3,(H,17,18);1H. The normalized spacial score (nSPS) is 21.1. The van der Waals surface area contributed by atoms with Gasteiger partial charge < -0.3 is 10.2 Å². The summed E-state index contributed by atoms with van der Waals surface area (Å²) in [6.45, 7) is 5.66. The number of benzene rings is 1. The highest BCUT2D eigenvalue weighted by Crippen LogP contribution is 2.29. The molecule has 0 aliphatic heterocycles. The van der Waals surface area contributed by atoms with Crippen molar-refractivity contribution < 1.29 is 4.39 Å². The van der Waals surface area contributed by atoms with Gasteiger partial charge in [0.05, 0.1) is 0 Å². The van der Waals surface area contributed by atoms with Crippen LogP contribution in [0.4, 0.5) is 4.39 Å². The first-order chi connectivity index (χ1) is 9.10. The summed E-state index contributed by atoms with van der Waals surface area (Å²) in [5.74, 6) is 1.44. The van der Waals surface area contributed by atoms with E-state index in [1.807, 2.05) is 24.9 Å². The van der Waals surface area contributed by atoms with Gasteiger partial charge >= 0.3 is 0 Å². The van der Waals surface area contributed by atoms with E-state index in [-0.39, 0.29) is 29.8 Å². The molecule has 5 heteroatoms. The van der Waals surface area contributed by atoms with Crippen LogP contribution in [0.5, 0.6) is 0 Å². The molecule has 1 aromatic carbocycles. The predicted octanol–water partition coefficient (Wildman–Crippen LogP) is 3.25. The van der Waals surface area contributed by atoms with E-state index in [1.54, 1.807) is 12.1 Å². The van der Waals surface area contributed by atoms with Gasteiger partial charge in [0.2, 0.25) is 0 Å². The van der Waals surface area contributed by atoms with Crippen molar-refractivity contribution >= 4 is 29.9 Å². The van der Waals surface area contributed by atoms with Gasteiger partial charge in [0, 0.05) is 26.2 Å². The predicted molar refractivity (Wildman–Crippen MR) is 92.0 cm³/mol. The van der Waals surface area contributed by atoms with Crippen molar-refractivity contribution in [3.05, 3.63) is 35.6 Å². The van der Waals surface area contributed by atoms with E-state index in [2.05, 4.69) is 17.2 Å². The Labute approximate surface area is 137 Å². The fraction of sp³-hybridized carbons (Fsp3) is 0.533. The van der Waals surface area contributed by atoms with Crippen LogP contribution >= 0.6 is 24.0 Å². The zero-order valence-corrected chi connectivity index (χ0v) is 14.6. The summed E-state index contributed by atoms with van der Waals surface area (Å²) in [6.07, 6.45) is 1.20. The lowest BCUT2D eigenvalue weighted by Crippen LogP contribution is -2.40. The van der Waals surface area contributed by atoms with Crippen molar-refractivity contribution in [2.75, 3.05) is 13.6 Å². The summed E-state index contributed by atoms with van der Waals surface area (Å²) in [4.78, 5) is 6.54. The van der Waals surface area contributed by atoms with Crippen molar-refractivity contribution in [1.82, 2.24) is 10.2 Å². The number of hydrogen-bond acceptors (Lipinski definition) is 1. The first kappa shape index (κ1) is 17.2. The van der Waals surface area contributed by atoms with Crippen molar-refractivity contribution in [2.45, 2.75) is 32.9 Å². The van der Waals surface area contributed by atoms with Crippen molar-refractivity contribution in [2.24, 2.45) is 10.9 Å². The Morgan fingerprint density at radius 3 is 2.75 bits per heavy atom. The molecule has 2 unspecified atom stereocenters. The lowest BCUT2D eigenvalue weighted by atomic mass is 10.2. The SMILES string of the molecule is CCN=C(NC1CC1C)N(C)Cc1cccc(F)c1.I. The molecule has 2 rings (SSSR count). The maximum absolute atomic E-state index is 13.2. The second-order valence-corrected chi connectivity index (χ2v) is 5.25. The Hall–Kier alpha value is -0.850. The van der Waals surface area contributed by atoms with E-state index >= 15 is 0 Å². The molecule has 112 valence electrons. The van der Waals surface area contributed by atoms with E-state index in [1.165, 1.54) is 12.5 Å². The highest BCUT2D eigenvalue weighted by molar-refractivity contribution is 14.0. The summed E-state index contributed by atoms with van der Waals surface area (Å²) in [6, 6.07) is 7.25.